The second-order valence-electron chi connectivity index (χ2n) is 7.98. The fourth-order valence-electron chi connectivity index (χ4n) is 5.73. The van der Waals surface area contributed by atoms with Crippen molar-refractivity contribution in [2.24, 2.45) is 29.0 Å². The van der Waals surface area contributed by atoms with Gasteiger partial charge in [-0.3, -0.25) is 11.3 Å². The molecule has 2 heteroatoms. The zero-order chi connectivity index (χ0) is 13.5. The molecule has 3 N–H and O–H groups in total. The number of nitrogens with one attached hydrogen (secondary N) is 1. The molecule has 4 aliphatic rings. The summed E-state index contributed by atoms with van der Waals surface area (Å²) in [6.45, 7) is 6.14. The van der Waals surface area contributed by atoms with Crippen molar-refractivity contribution in [1.82, 2.24) is 5.43 Å². The minimum atomic E-state index is 0.493. The van der Waals surface area contributed by atoms with E-state index in [-0.39, 0.29) is 0 Å². The van der Waals surface area contributed by atoms with Gasteiger partial charge in [0, 0.05) is 6.04 Å². The lowest BCUT2D eigenvalue weighted by atomic mass is 9.48. The van der Waals surface area contributed by atoms with Crippen LogP contribution in [0.25, 0.3) is 0 Å². The van der Waals surface area contributed by atoms with E-state index in [1.807, 2.05) is 0 Å². The number of hydrogen-bond donors (Lipinski definition) is 2. The molecule has 0 heterocycles. The molecule has 4 rings (SSSR count). The largest absolute Gasteiger partial charge is 0.271 e. The summed E-state index contributed by atoms with van der Waals surface area (Å²) in [7, 11) is 0. The van der Waals surface area contributed by atoms with Gasteiger partial charge in [-0.15, -0.1) is 6.58 Å². The van der Waals surface area contributed by atoms with E-state index < -0.39 is 0 Å². The molecule has 2 nitrogen and oxygen atoms in total. The SMILES string of the molecule is C=C(C)CCC(CC12CC3CC(CC(C3)C1)C2)NN. The standard InChI is InChI=1S/C17H30N2/c1-12(2)3-4-16(19-18)11-17-8-13-5-14(9-17)7-15(6-13)10-17/h13-16,19H,1,3-11,18H2,2H3. The number of allylic oxidation sites excluding steroid dienone is 1. The van der Waals surface area contributed by atoms with Crippen LogP contribution in [0.4, 0.5) is 0 Å². The van der Waals surface area contributed by atoms with Crippen LogP contribution in [0, 0.1) is 23.2 Å². The molecule has 0 saturated heterocycles. The molecule has 4 saturated carbocycles. The Kier molecular flexibility index (Phi) is 3.74. The molecule has 0 amide bonds. The van der Waals surface area contributed by atoms with Gasteiger partial charge in [-0.05, 0) is 87.9 Å². The van der Waals surface area contributed by atoms with Gasteiger partial charge in [0.15, 0.2) is 0 Å². The lowest BCUT2D eigenvalue weighted by molar-refractivity contribution is -0.0623. The molecule has 1 atom stereocenters. The number of hydrogen-bond acceptors (Lipinski definition) is 2. The van der Waals surface area contributed by atoms with Crippen LogP contribution in [-0.4, -0.2) is 6.04 Å². The van der Waals surface area contributed by atoms with Gasteiger partial charge in [-0.25, -0.2) is 0 Å². The lowest BCUT2D eigenvalue weighted by Crippen LogP contribution is -2.49. The van der Waals surface area contributed by atoms with Crippen LogP contribution in [0.5, 0.6) is 0 Å². The molecule has 0 aliphatic heterocycles. The second-order valence-corrected chi connectivity index (χ2v) is 7.98. The van der Waals surface area contributed by atoms with Gasteiger partial charge in [0.05, 0.1) is 0 Å². The Labute approximate surface area is 118 Å². The number of hydrazine groups is 1. The summed E-state index contributed by atoms with van der Waals surface area (Å²) in [6.07, 6.45) is 12.6. The van der Waals surface area contributed by atoms with Gasteiger partial charge < -0.3 is 0 Å². The summed E-state index contributed by atoms with van der Waals surface area (Å²) < 4.78 is 0. The van der Waals surface area contributed by atoms with E-state index in [1.165, 1.54) is 50.5 Å². The van der Waals surface area contributed by atoms with Crippen LogP contribution >= 0.6 is 0 Å². The Morgan fingerprint density at radius 3 is 2.16 bits per heavy atom. The van der Waals surface area contributed by atoms with Crippen LogP contribution in [0.3, 0.4) is 0 Å². The maximum atomic E-state index is 5.81. The van der Waals surface area contributed by atoms with Crippen LogP contribution in [0.1, 0.15) is 64.7 Å². The molecule has 0 spiro atoms. The summed E-state index contributed by atoms with van der Waals surface area (Å²) >= 11 is 0. The van der Waals surface area contributed by atoms with E-state index in [1.54, 1.807) is 0 Å². The van der Waals surface area contributed by atoms with Gasteiger partial charge in [0.25, 0.3) is 0 Å². The first kappa shape index (κ1) is 13.6. The Hall–Kier alpha value is -0.340. The molecular formula is C17H30N2. The van der Waals surface area contributed by atoms with Crippen LogP contribution in [0.15, 0.2) is 12.2 Å². The van der Waals surface area contributed by atoms with Gasteiger partial charge in [-0.1, -0.05) is 5.57 Å². The number of rotatable bonds is 6. The molecule has 4 fully saturated rings. The predicted octanol–water partition coefficient (Wildman–Crippen LogP) is 3.78. The van der Waals surface area contributed by atoms with Crippen molar-refractivity contribution in [3.05, 3.63) is 12.2 Å². The zero-order valence-corrected chi connectivity index (χ0v) is 12.5. The quantitative estimate of drug-likeness (QED) is 0.434. The summed E-state index contributed by atoms with van der Waals surface area (Å²) in [5.41, 5.74) is 5.01. The summed E-state index contributed by atoms with van der Waals surface area (Å²) in [4.78, 5) is 0. The molecule has 4 aliphatic carbocycles. The Bertz CT molecular complexity index is 312. The smallest absolute Gasteiger partial charge is 0.0218 e. The summed E-state index contributed by atoms with van der Waals surface area (Å²) in [5.74, 6) is 8.95. The fraction of sp³-hybridized carbons (Fsp3) is 0.882. The highest BCUT2D eigenvalue weighted by atomic mass is 15.2. The second kappa shape index (κ2) is 5.21. The summed E-state index contributed by atoms with van der Waals surface area (Å²) in [6, 6.07) is 0.493. The molecule has 19 heavy (non-hydrogen) atoms. The van der Waals surface area contributed by atoms with Crippen molar-refractivity contribution in [3.8, 4) is 0 Å². The first-order chi connectivity index (χ1) is 9.08. The Morgan fingerprint density at radius 1 is 1.21 bits per heavy atom. The van der Waals surface area contributed by atoms with Crippen molar-refractivity contribution >= 4 is 0 Å². The van der Waals surface area contributed by atoms with Crippen molar-refractivity contribution in [2.45, 2.75) is 70.8 Å². The third kappa shape index (κ3) is 2.90. The predicted molar refractivity (Wildman–Crippen MR) is 80.4 cm³/mol. The van der Waals surface area contributed by atoms with E-state index in [2.05, 4.69) is 18.9 Å². The molecule has 108 valence electrons. The van der Waals surface area contributed by atoms with Crippen molar-refractivity contribution in [1.29, 1.82) is 0 Å². The third-order valence-corrected chi connectivity index (χ3v) is 6.00. The van der Waals surface area contributed by atoms with Gasteiger partial charge in [0.1, 0.15) is 0 Å². The van der Waals surface area contributed by atoms with E-state index in [0.717, 1.165) is 30.6 Å². The van der Waals surface area contributed by atoms with Gasteiger partial charge in [-0.2, -0.15) is 0 Å². The first-order valence-electron chi connectivity index (χ1n) is 8.19. The molecule has 0 aromatic carbocycles. The first-order valence-corrected chi connectivity index (χ1v) is 8.19. The minimum absolute atomic E-state index is 0.493. The van der Waals surface area contributed by atoms with E-state index in [9.17, 15) is 0 Å². The molecule has 4 bridgehead atoms. The lowest BCUT2D eigenvalue weighted by Gasteiger charge is -2.57. The van der Waals surface area contributed by atoms with E-state index >= 15 is 0 Å². The average Bonchev–Trinajstić information content (AvgIpc) is 2.32. The zero-order valence-electron chi connectivity index (χ0n) is 12.5. The average molecular weight is 262 g/mol. The van der Waals surface area contributed by atoms with E-state index in [0.29, 0.717) is 11.5 Å². The molecule has 0 aromatic heterocycles. The van der Waals surface area contributed by atoms with Crippen molar-refractivity contribution in [3.63, 3.8) is 0 Å². The maximum absolute atomic E-state index is 5.81. The highest BCUT2D eigenvalue weighted by Crippen LogP contribution is 2.61. The van der Waals surface area contributed by atoms with Crippen molar-refractivity contribution in [2.75, 3.05) is 0 Å². The molecule has 0 aromatic rings. The normalized spacial score (nSPS) is 41.5. The van der Waals surface area contributed by atoms with Crippen molar-refractivity contribution < 1.29 is 0 Å². The van der Waals surface area contributed by atoms with Gasteiger partial charge >= 0.3 is 0 Å². The molecule has 0 radical (unpaired) electrons. The highest BCUT2D eigenvalue weighted by molar-refractivity contribution is 5.03. The van der Waals surface area contributed by atoms with Crippen LogP contribution in [-0.2, 0) is 0 Å². The topological polar surface area (TPSA) is 38.0 Å². The Morgan fingerprint density at radius 2 is 1.74 bits per heavy atom. The van der Waals surface area contributed by atoms with Gasteiger partial charge in [0.2, 0.25) is 0 Å². The number of nitrogens with two attached hydrogens (primary N) is 1. The van der Waals surface area contributed by atoms with Crippen LogP contribution < -0.4 is 11.3 Å². The molecule has 1 unspecified atom stereocenters. The van der Waals surface area contributed by atoms with E-state index in [4.69, 9.17) is 5.84 Å². The maximum Gasteiger partial charge on any atom is 0.0218 e. The minimum Gasteiger partial charge on any atom is -0.271 e. The monoisotopic (exact) mass is 262 g/mol. The fourth-order valence-corrected chi connectivity index (χ4v) is 5.73. The Balaban J connectivity index is 1.62. The molecular weight excluding hydrogens is 232 g/mol. The van der Waals surface area contributed by atoms with Crippen LogP contribution in [0.2, 0.25) is 0 Å². The highest BCUT2D eigenvalue weighted by Gasteiger charge is 2.51. The summed E-state index contributed by atoms with van der Waals surface area (Å²) in [5, 5.41) is 0. The third-order valence-electron chi connectivity index (χ3n) is 6.00.